The summed E-state index contributed by atoms with van der Waals surface area (Å²) >= 11 is 0. The highest BCUT2D eigenvalue weighted by Gasteiger charge is 2.30. The maximum absolute atomic E-state index is 12.8. The zero-order valence-electron chi connectivity index (χ0n) is 16.7. The number of carbonyl (C=O) groups excluding carboxylic acids is 1. The molecule has 0 bridgehead atoms. The summed E-state index contributed by atoms with van der Waals surface area (Å²) in [5.74, 6) is 2.24. The topological polar surface area (TPSA) is 44.8 Å². The van der Waals surface area contributed by atoms with Crippen LogP contribution in [0.15, 0.2) is 66.4 Å². The lowest BCUT2D eigenvalue weighted by Crippen LogP contribution is -2.00. The second kappa shape index (κ2) is 7.84. The highest BCUT2D eigenvalue weighted by Crippen LogP contribution is 2.39. The van der Waals surface area contributed by atoms with Crippen molar-refractivity contribution in [3.63, 3.8) is 0 Å². The van der Waals surface area contributed by atoms with Gasteiger partial charge in [-0.25, -0.2) is 0 Å². The van der Waals surface area contributed by atoms with E-state index in [0.29, 0.717) is 29.4 Å². The van der Waals surface area contributed by atoms with Crippen molar-refractivity contribution in [2.45, 2.75) is 20.5 Å². The summed E-state index contributed by atoms with van der Waals surface area (Å²) in [6, 6.07) is 19.3. The van der Waals surface area contributed by atoms with Gasteiger partial charge in [-0.05, 0) is 43.7 Å². The van der Waals surface area contributed by atoms with Crippen molar-refractivity contribution in [1.29, 1.82) is 0 Å². The molecule has 29 heavy (non-hydrogen) atoms. The van der Waals surface area contributed by atoms with E-state index in [1.807, 2.05) is 68.4 Å². The number of ether oxygens (including phenoxy) is 3. The fourth-order valence-corrected chi connectivity index (χ4v) is 3.41. The first-order valence-electron chi connectivity index (χ1n) is 9.46. The van der Waals surface area contributed by atoms with Gasteiger partial charge < -0.3 is 14.2 Å². The summed E-state index contributed by atoms with van der Waals surface area (Å²) in [5.41, 5.74) is 4.38. The van der Waals surface area contributed by atoms with Crippen molar-refractivity contribution in [3.05, 3.63) is 94.2 Å². The molecule has 1 aliphatic rings. The molecule has 0 saturated heterocycles. The van der Waals surface area contributed by atoms with Gasteiger partial charge in [0.25, 0.3) is 0 Å². The van der Waals surface area contributed by atoms with E-state index in [0.717, 1.165) is 28.0 Å². The van der Waals surface area contributed by atoms with Crippen LogP contribution in [0.3, 0.4) is 0 Å². The van der Waals surface area contributed by atoms with Crippen molar-refractivity contribution in [3.8, 4) is 17.2 Å². The van der Waals surface area contributed by atoms with Crippen LogP contribution in [-0.4, -0.2) is 12.9 Å². The van der Waals surface area contributed by atoms with E-state index < -0.39 is 0 Å². The molecule has 0 N–H and O–H groups in total. The Labute approximate surface area is 170 Å². The Bertz CT molecular complexity index is 1110. The molecule has 146 valence electrons. The molecule has 4 heteroatoms. The van der Waals surface area contributed by atoms with Crippen LogP contribution < -0.4 is 14.2 Å². The fraction of sp³-hybridized carbons (Fsp3) is 0.160. The van der Waals surface area contributed by atoms with Gasteiger partial charge in [-0.1, -0.05) is 48.0 Å². The number of allylic oxidation sites excluding steroid dienone is 1. The monoisotopic (exact) mass is 386 g/mol. The minimum absolute atomic E-state index is 0.110. The number of aryl methyl sites for hydroxylation is 1. The van der Waals surface area contributed by atoms with Crippen molar-refractivity contribution >= 4 is 11.9 Å². The molecule has 0 aromatic heterocycles. The molecular weight excluding hydrogens is 364 g/mol. The number of methoxy groups -OCH3 is 1. The minimum Gasteiger partial charge on any atom is -0.496 e. The van der Waals surface area contributed by atoms with E-state index in [4.69, 9.17) is 14.2 Å². The molecule has 1 aliphatic heterocycles. The van der Waals surface area contributed by atoms with E-state index in [2.05, 4.69) is 0 Å². The van der Waals surface area contributed by atoms with Crippen molar-refractivity contribution < 1.29 is 19.0 Å². The van der Waals surface area contributed by atoms with Crippen LogP contribution in [0.1, 0.15) is 32.6 Å². The van der Waals surface area contributed by atoms with Gasteiger partial charge in [0.2, 0.25) is 5.78 Å². The minimum atomic E-state index is -0.110. The Balaban J connectivity index is 1.58. The Hall–Kier alpha value is -3.53. The number of Topliss-reactive ketones (excluding diaryl/α,β-unsaturated/α-hetero) is 1. The van der Waals surface area contributed by atoms with Crippen LogP contribution in [-0.2, 0) is 6.61 Å². The Morgan fingerprint density at radius 3 is 2.59 bits per heavy atom. The average molecular weight is 386 g/mol. The van der Waals surface area contributed by atoms with Gasteiger partial charge in [0, 0.05) is 11.1 Å². The van der Waals surface area contributed by atoms with Crippen LogP contribution in [0, 0.1) is 13.8 Å². The second-order valence-electron chi connectivity index (χ2n) is 7.02. The molecule has 3 aromatic carbocycles. The van der Waals surface area contributed by atoms with Gasteiger partial charge in [-0.3, -0.25) is 4.79 Å². The highest BCUT2D eigenvalue weighted by atomic mass is 16.5. The van der Waals surface area contributed by atoms with Crippen LogP contribution in [0.4, 0.5) is 0 Å². The number of carbonyl (C=O) groups is 1. The number of para-hydroxylation sites is 1. The van der Waals surface area contributed by atoms with Crippen LogP contribution in [0.25, 0.3) is 6.08 Å². The van der Waals surface area contributed by atoms with Crippen molar-refractivity contribution in [1.82, 2.24) is 0 Å². The highest BCUT2D eigenvalue weighted by molar-refractivity contribution is 6.14. The number of hydrogen-bond donors (Lipinski definition) is 0. The molecule has 1 heterocycles. The van der Waals surface area contributed by atoms with Gasteiger partial charge in [-0.15, -0.1) is 0 Å². The van der Waals surface area contributed by atoms with Crippen molar-refractivity contribution in [2.24, 2.45) is 0 Å². The van der Waals surface area contributed by atoms with Gasteiger partial charge in [0.15, 0.2) is 5.76 Å². The summed E-state index contributed by atoms with van der Waals surface area (Å²) in [5, 5.41) is 0. The number of ketones is 1. The molecule has 0 aliphatic carbocycles. The number of rotatable bonds is 5. The summed E-state index contributed by atoms with van der Waals surface area (Å²) in [4.78, 5) is 12.8. The maximum Gasteiger partial charge on any atom is 0.231 e. The zero-order chi connectivity index (χ0) is 20.4. The van der Waals surface area contributed by atoms with Gasteiger partial charge in [-0.2, -0.15) is 0 Å². The summed E-state index contributed by atoms with van der Waals surface area (Å²) in [6.07, 6.45) is 1.78. The largest absolute Gasteiger partial charge is 0.496 e. The lowest BCUT2D eigenvalue weighted by atomic mass is 10.1. The third-order valence-electron chi connectivity index (χ3n) is 4.95. The first-order valence-corrected chi connectivity index (χ1v) is 9.46. The van der Waals surface area contributed by atoms with E-state index in [9.17, 15) is 4.79 Å². The first-order chi connectivity index (χ1) is 14.1. The molecule has 0 saturated carbocycles. The van der Waals surface area contributed by atoms with Crippen LogP contribution >= 0.6 is 0 Å². The quantitative estimate of drug-likeness (QED) is 0.543. The first kappa shape index (κ1) is 18.8. The molecule has 0 radical (unpaired) electrons. The lowest BCUT2D eigenvalue weighted by molar-refractivity contribution is 0.101. The zero-order valence-corrected chi connectivity index (χ0v) is 16.7. The summed E-state index contributed by atoms with van der Waals surface area (Å²) in [6.45, 7) is 4.28. The third-order valence-corrected chi connectivity index (χ3v) is 4.95. The molecule has 0 fully saturated rings. The Morgan fingerprint density at radius 1 is 0.966 bits per heavy atom. The van der Waals surface area contributed by atoms with Gasteiger partial charge in [0.1, 0.15) is 23.9 Å². The predicted octanol–water partition coefficient (Wildman–Crippen LogP) is 5.51. The SMILES string of the molecule is COc1ccccc1COc1ccc2c(c1C)O/C(=C\c1cccc(C)c1)C2=O. The maximum atomic E-state index is 12.8. The molecule has 4 nitrogen and oxygen atoms in total. The second-order valence-corrected chi connectivity index (χ2v) is 7.02. The van der Waals surface area contributed by atoms with Crippen LogP contribution in [0.2, 0.25) is 0 Å². The predicted molar refractivity (Wildman–Crippen MR) is 113 cm³/mol. The molecule has 0 amide bonds. The average Bonchev–Trinajstić information content (AvgIpc) is 3.04. The number of fused-ring (bicyclic) bond motifs is 1. The Morgan fingerprint density at radius 2 is 1.79 bits per heavy atom. The van der Waals surface area contributed by atoms with E-state index in [-0.39, 0.29) is 5.78 Å². The third kappa shape index (κ3) is 3.74. The van der Waals surface area contributed by atoms with Crippen LogP contribution in [0.5, 0.6) is 17.2 Å². The molecule has 3 aromatic rings. The van der Waals surface area contributed by atoms with Crippen molar-refractivity contribution in [2.75, 3.05) is 7.11 Å². The Kier molecular flexibility index (Phi) is 5.09. The molecule has 0 atom stereocenters. The smallest absolute Gasteiger partial charge is 0.231 e. The van der Waals surface area contributed by atoms with Gasteiger partial charge in [0.05, 0.1) is 12.7 Å². The molecular formula is C25H22O4. The summed E-state index contributed by atoms with van der Waals surface area (Å²) < 4.78 is 17.3. The van der Waals surface area contributed by atoms with E-state index in [1.165, 1.54) is 0 Å². The molecule has 0 unspecified atom stereocenters. The molecule has 4 rings (SSSR count). The lowest BCUT2D eigenvalue weighted by Gasteiger charge is -2.13. The fourth-order valence-electron chi connectivity index (χ4n) is 3.41. The standard InChI is InChI=1S/C25H22O4/c1-16-7-6-8-18(13-16)14-23-24(26)20-11-12-21(17(2)25(20)29-23)28-15-19-9-4-5-10-22(19)27-3/h4-14H,15H2,1-3H3/b23-14-. The molecule has 0 spiro atoms. The number of hydrogen-bond acceptors (Lipinski definition) is 4. The van der Waals surface area contributed by atoms with E-state index >= 15 is 0 Å². The number of benzene rings is 3. The normalized spacial score (nSPS) is 13.9. The van der Waals surface area contributed by atoms with Gasteiger partial charge >= 0.3 is 0 Å². The summed E-state index contributed by atoms with van der Waals surface area (Å²) in [7, 11) is 1.64. The van der Waals surface area contributed by atoms with E-state index in [1.54, 1.807) is 19.3 Å².